The van der Waals surface area contributed by atoms with Crippen LogP contribution in [0.5, 0.6) is 17.2 Å². The molecule has 88 valence electrons. The largest absolute Gasteiger partial charge is 0.507 e. The lowest BCUT2D eigenvalue weighted by atomic mass is 10.1. The second-order valence-electron chi connectivity index (χ2n) is 3.67. The number of rotatable bonds is 2. The molecule has 1 atom stereocenters. The maximum absolute atomic E-state index is 9.73. The molecule has 0 radical (unpaired) electrons. The molecule has 0 bridgehead atoms. The van der Waals surface area contributed by atoms with E-state index in [1.165, 1.54) is 6.07 Å². The van der Waals surface area contributed by atoms with Crippen LogP contribution in [0.2, 0.25) is 0 Å². The number of phenols is 1. The zero-order valence-electron chi connectivity index (χ0n) is 8.85. The van der Waals surface area contributed by atoms with Gasteiger partial charge in [-0.2, -0.15) is 0 Å². The van der Waals surface area contributed by atoms with Crippen molar-refractivity contribution in [2.75, 3.05) is 19.8 Å². The minimum atomic E-state index is -0.670. The third-order valence-corrected chi connectivity index (χ3v) is 2.50. The number of aromatic hydroxyl groups is 1. The third kappa shape index (κ3) is 1.91. The summed E-state index contributed by atoms with van der Waals surface area (Å²) < 4.78 is 11.0. The van der Waals surface area contributed by atoms with Crippen molar-refractivity contribution < 1.29 is 19.7 Å². The zero-order valence-corrected chi connectivity index (χ0v) is 8.85. The van der Waals surface area contributed by atoms with E-state index in [1.807, 2.05) is 0 Å². The molecule has 16 heavy (non-hydrogen) atoms. The summed E-state index contributed by atoms with van der Waals surface area (Å²) >= 11 is 0. The highest BCUT2D eigenvalue weighted by Crippen LogP contribution is 2.41. The van der Waals surface area contributed by atoms with Gasteiger partial charge in [0.1, 0.15) is 5.75 Å². The number of aliphatic hydroxyl groups is 1. The molecule has 1 aliphatic heterocycles. The van der Waals surface area contributed by atoms with Gasteiger partial charge in [0, 0.05) is 6.42 Å². The lowest BCUT2D eigenvalue weighted by Crippen LogP contribution is -2.16. The molecule has 0 aromatic heterocycles. The van der Waals surface area contributed by atoms with Crippen LogP contribution in [0.15, 0.2) is 12.1 Å². The van der Waals surface area contributed by atoms with Gasteiger partial charge < -0.3 is 25.4 Å². The van der Waals surface area contributed by atoms with Crippen LogP contribution >= 0.6 is 0 Å². The topological polar surface area (TPSA) is 84.9 Å². The number of fused-ring (bicyclic) bond motifs is 1. The molecule has 1 aliphatic rings. The van der Waals surface area contributed by atoms with Crippen LogP contribution < -0.4 is 15.2 Å². The van der Waals surface area contributed by atoms with Gasteiger partial charge in [-0.25, -0.2) is 0 Å². The summed E-state index contributed by atoms with van der Waals surface area (Å²) in [5, 5.41) is 18.8. The zero-order chi connectivity index (χ0) is 11.5. The normalized spacial score (nSPS) is 16.6. The molecule has 0 saturated heterocycles. The molecule has 1 heterocycles. The predicted octanol–water partition coefficient (Wildman–Crippen LogP) is 0.546. The van der Waals surface area contributed by atoms with E-state index in [4.69, 9.17) is 20.3 Å². The van der Waals surface area contributed by atoms with Crippen molar-refractivity contribution in [2.45, 2.75) is 12.5 Å². The highest BCUT2D eigenvalue weighted by molar-refractivity contribution is 5.55. The van der Waals surface area contributed by atoms with E-state index in [1.54, 1.807) is 6.07 Å². The van der Waals surface area contributed by atoms with Crippen LogP contribution in [0.25, 0.3) is 0 Å². The maximum atomic E-state index is 9.73. The molecule has 0 aliphatic carbocycles. The highest BCUT2D eigenvalue weighted by Gasteiger charge is 2.22. The average Bonchev–Trinajstić information content (AvgIpc) is 2.53. The lowest BCUT2D eigenvalue weighted by molar-refractivity contribution is 0.257. The van der Waals surface area contributed by atoms with Gasteiger partial charge >= 0.3 is 0 Å². The van der Waals surface area contributed by atoms with Gasteiger partial charge in [0.2, 0.25) is 0 Å². The van der Waals surface area contributed by atoms with Crippen LogP contribution in [0.3, 0.4) is 0 Å². The molecule has 0 spiro atoms. The molecule has 4 N–H and O–H groups in total. The number of nitrogens with two attached hydrogens (primary N) is 1. The van der Waals surface area contributed by atoms with E-state index in [0.717, 1.165) is 6.42 Å². The Labute approximate surface area is 93.4 Å². The number of benzene rings is 1. The Morgan fingerprint density at radius 1 is 1.31 bits per heavy atom. The van der Waals surface area contributed by atoms with Crippen LogP contribution in [0.4, 0.5) is 0 Å². The predicted molar refractivity (Wildman–Crippen MR) is 57.7 cm³/mol. The number of phenolic OH excluding ortho intramolecular Hbond substituents is 1. The molecule has 5 heteroatoms. The Morgan fingerprint density at radius 2 is 2.06 bits per heavy atom. The lowest BCUT2D eigenvalue weighted by Gasteiger charge is -2.17. The average molecular weight is 225 g/mol. The SMILES string of the molecule is NC(CO)c1c(O)ccc2c1OCCCO2. The molecular weight excluding hydrogens is 210 g/mol. The Morgan fingerprint density at radius 3 is 2.81 bits per heavy atom. The van der Waals surface area contributed by atoms with E-state index < -0.39 is 6.04 Å². The van der Waals surface area contributed by atoms with Gasteiger partial charge in [0.15, 0.2) is 11.5 Å². The molecule has 5 nitrogen and oxygen atoms in total. The monoisotopic (exact) mass is 225 g/mol. The van der Waals surface area contributed by atoms with Crippen molar-refractivity contribution in [1.82, 2.24) is 0 Å². The molecule has 1 unspecified atom stereocenters. The standard InChI is InChI=1S/C11H15NO4/c12-7(6-13)10-8(14)2-3-9-11(10)16-5-1-4-15-9/h2-3,7,13-14H,1,4-6,12H2. The van der Waals surface area contributed by atoms with E-state index in [9.17, 15) is 5.11 Å². The summed E-state index contributed by atoms with van der Waals surface area (Å²) in [6, 6.07) is 2.47. The molecule has 2 rings (SSSR count). The second-order valence-corrected chi connectivity index (χ2v) is 3.67. The molecule has 1 aromatic carbocycles. The Kier molecular flexibility index (Phi) is 3.17. The molecule has 0 fully saturated rings. The Balaban J connectivity index is 2.48. The minimum Gasteiger partial charge on any atom is -0.507 e. The first kappa shape index (κ1) is 11.0. The van der Waals surface area contributed by atoms with E-state index in [2.05, 4.69) is 0 Å². The van der Waals surface area contributed by atoms with E-state index in [-0.39, 0.29) is 12.4 Å². The van der Waals surface area contributed by atoms with Crippen molar-refractivity contribution in [3.8, 4) is 17.2 Å². The first-order valence-corrected chi connectivity index (χ1v) is 5.22. The van der Waals surface area contributed by atoms with Crippen molar-refractivity contribution in [2.24, 2.45) is 5.73 Å². The van der Waals surface area contributed by atoms with E-state index in [0.29, 0.717) is 30.3 Å². The Bertz CT molecular complexity index is 380. The summed E-state index contributed by atoms with van der Waals surface area (Å²) in [5.74, 6) is 1.03. The van der Waals surface area contributed by atoms with Gasteiger partial charge in [-0.1, -0.05) is 0 Å². The minimum absolute atomic E-state index is 0.0193. The fourth-order valence-corrected chi connectivity index (χ4v) is 1.70. The van der Waals surface area contributed by atoms with Crippen LogP contribution in [-0.2, 0) is 0 Å². The molecule has 0 amide bonds. The summed E-state index contributed by atoms with van der Waals surface area (Å²) in [7, 11) is 0. The van der Waals surface area contributed by atoms with Crippen LogP contribution in [0.1, 0.15) is 18.0 Å². The fraction of sp³-hybridized carbons (Fsp3) is 0.455. The summed E-state index contributed by atoms with van der Waals surface area (Å²) in [6.45, 7) is 0.834. The molecule has 1 aromatic rings. The molecular formula is C11H15NO4. The fourth-order valence-electron chi connectivity index (χ4n) is 1.70. The van der Waals surface area contributed by atoms with E-state index >= 15 is 0 Å². The second kappa shape index (κ2) is 4.59. The number of hydrogen-bond acceptors (Lipinski definition) is 5. The first-order chi connectivity index (χ1) is 7.74. The number of ether oxygens (including phenoxy) is 2. The molecule has 0 saturated carbocycles. The van der Waals surface area contributed by atoms with Crippen molar-refractivity contribution in [3.63, 3.8) is 0 Å². The third-order valence-electron chi connectivity index (χ3n) is 2.50. The summed E-state index contributed by atoms with van der Waals surface area (Å²) in [6.07, 6.45) is 0.781. The number of hydrogen-bond donors (Lipinski definition) is 3. The summed E-state index contributed by atoms with van der Waals surface area (Å²) in [5.41, 5.74) is 6.13. The quantitative estimate of drug-likeness (QED) is 0.684. The van der Waals surface area contributed by atoms with Gasteiger partial charge in [0.25, 0.3) is 0 Å². The van der Waals surface area contributed by atoms with Crippen molar-refractivity contribution in [3.05, 3.63) is 17.7 Å². The van der Waals surface area contributed by atoms with Gasteiger partial charge in [-0.05, 0) is 12.1 Å². The Hall–Kier alpha value is -1.46. The number of aliphatic hydroxyl groups excluding tert-OH is 1. The van der Waals surface area contributed by atoms with Gasteiger partial charge in [-0.15, -0.1) is 0 Å². The van der Waals surface area contributed by atoms with Crippen LogP contribution in [-0.4, -0.2) is 30.0 Å². The summed E-state index contributed by atoms with van der Waals surface area (Å²) in [4.78, 5) is 0. The smallest absolute Gasteiger partial charge is 0.169 e. The van der Waals surface area contributed by atoms with Crippen LogP contribution in [0, 0.1) is 0 Å². The van der Waals surface area contributed by atoms with Gasteiger partial charge in [0.05, 0.1) is 31.4 Å². The first-order valence-electron chi connectivity index (χ1n) is 5.22. The van der Waals surface area contributed by atoms with Crippen molar-refractivity contribution >= 4 is 0 Å². The van der Waals surface area contributed by atoms with Gasteiger partial charge in [-0.3, -0.25) is 0 Å². The maximum Gasteiger partial charge on any atom is 0.169 e. The van der Waals surface area contributed by atoms with Crippen molar-refractivity contribution in [1.29, 1.82) is 0 Å². The highest BCUT2D eigenvalue weighted by atomic mass is 16.5.